The van der Waals surface area contributed by atoms with Gasteiger partial charge in [-0.05, 0) is 82.8 Å². The van der Waals surface area contributed by atoms with E-state index < -0.39 is 0 Å². The third-order valence-electron chi connectivity index (χ3n) is 8.67. The molecule has 0 aliphatic carbocycles. The van der Waals surface area contributed by atoms with E-state index in [-0.39, 0.29) is 0 Å². The van der Waals surface area contributed by atoms with Crippen molar-refractivity contribution in [2.24, 2.45) is 0 Å². The lowest BCUT2D eigenvalue weighted by Gasteiger charge is -2.13. The summed E-state index contributed by atoms with van der Waals surface area (Å²) in [5.41, 5.74) is 14.5. The van der Waals surface area contributed by atoms with Crippen molar-refractivity contribution in [2.45, 2.75) is 6.92 Å². The zero-order valence-electron chi connectivity index (χ0n) is 27.0. The van der Waals surface area contributed by atoms with Gasteiger partial charge in [0.15, 0.2) is 5.82 Å². The molecule has 0 N–H and O–H groups in total. The van der Waals surface area contributed by atoms with Crippen molar-refractivity contribution in [3.8, 4) is 78.5 Å². The molecule has 5 aromatic carbocycles. The van der Waals surface area contributed by atoms with Gasteiger partial charge < -0.3 is 0 Å². The molecule has 0 aliphatic rings. The van der Waals surface area contributed by atoms with Gasteiger partial charge in [-0.2, -0.15) is 0 Å². The van der Waals surface area contributed by atoms with Crippen LogP contribution < -0.4 is 0 Å². The highest BCUT2D eigenvalue weighted by Crippen LogP contribution is 2.35. The highest BCUT2D eigenvalue weighted by atomic mass is 14.9. The van der Waals surface area contributed by atoms with Crippen LogP contribution >= 0.6 is 0 Å². The van der Waals surface area contributed by atoms with Gasteiger partial charge >= 0.3 is 0 Å². The van der Waals surface area contributed by atoms with Crippen molar-refractivity contribution >= 4 is 0 Å². The van der Waals surface area contributed by atoms with Crippen LogP contribution in [0.15, 0.2) is 176 Å². The molecule has 3 aromatic heterocycles. The second kappa shape index (κ2) is 13.3. The van der Waals surface area contributed by atoms with Gasteiger partial charge in [0, 0.05) is 40.3 Å². The molecular weight excluding hydrogens is 597 g/mol. The van der Waals surface area contributed by atoms with E-state index in [9.17, 15) is 0 Å². The fourth-order valence-electron chi connectivity index (χ4n) is 6.11. The highest BCUT2D eigenvalue weighted by Gasteiger charge is 2.14. The minimum absolute atomic E-state index is 0.677. The van der Waals surface area contributed by atoms with Crippen LogP contribution in [0.1, 0.15) is 5.69 Å². The molecule has 8 rings (SSSR count). The van der Waals surface area contributed by atoms with E-state index in [2.05, 4.69) is 114 Å². The molecule has 3 heterocycles. The van der Waals surface area contributed by atoms with Gasteiger partial charge in [0.25, 0.3) is 0 Å². The number of rotatable bonds is 7. The summed E-state index contributed by atoms with van der Waals surface area (Å²) in [6.07, 6.45) is 3.69. The van der Waals surface area contributed by atoms with Crippen LogP contribution in [0.3, 0.4) is 0 Å². The number of aromatic nitrogens is 4. The van der Waals surface area contributed by atoms with E-state index in [0.717, 1.165) is 78.4 Å². The van der Waals surface area contributed by atoms with E-state index in [1.165, 1.54) is 0 Å². The van der Waals surface area contributed by atoms with Crippen LogP contribution in [0.2, 0.25) is 0 Å². The summed E-state index contributed by atoms with van der Waals surface area (Å²) in [6, 6.07) is 56.8. The van der Waals surface area contributed by atoms with Crippen molar-refractivity contribution in [1.29, 1.82) is 0 Å². The molecule has 0 saturated carbocycles. The largest absolute Gasteiger partial charge is 0.264 e. The Labute approximate surface area is 286 Å². The van der Waals surface area contributed by atoms with Gasteiger partial charge in [0.2, 0.25) is 0 Å². The summed E-state index contributed by atoms with van der Waals surface area (Å²) in [5, 5.41) is 0. The van der Waals surface area contributed by atoms with Crippen LogP contribution in [0.5, 0.6) is 0 Å². The third-order valence-corrected chi connectivity index (χ3v) is 8.67. The maximum absolute atomic E-state index is 5.16. The smallest absolute Gasteiger partial charge is 0.160 e. The molecule has 0 spiro atoms. The van der Waals surface area contributed by atoms with Gasteiger partial charge in [-0.3, -0.25) is 9.97 Å². The standard InChI is InChI=1S/C45H32N4/c1-31-10-8-16-42(47-31)37-23-21-34(22-24-37)40-26-39(33-19-17-32(18-20-33)38-15-9-25-46-30-38)27-41(28-40)45-48-43(35-11-4-2-5-12-35)29-44(49-45)36-13-6-3-7-14-36/h2-30H,1H3. The molecule has 4 nitrogen and oxygen atoms in total. The molecule has 8 aromatic rings. The summed E-state index contributed by atoms with van der Waals surface area (Å²) in [7, 11) is 0. The molecule has 0 atom stereocenters. The maximum atomic E-state index is 5.16. The topological polar surface area (TPSA) is 51.6 Å². The maximum Gasteiger partial charge on any atom is 0.160 e. The Kier molecular flexibility index (Phi) is 8.11. The Hall–Kier alpha value is -6.52. The van der Waals surface area contributed by atoms with Gasteiger partial charge in [-0.1, -0.05) is 121 Å². The van der Waals surface area contributed by atoms with E-state index in [1.807, 2.05) is 67.7 Å². The predicted octanol–water partition coefficient (Wildman–Crippen LogP) is 11.2. The first-order valence-electron chi connectivity index (χ1n) is 16.4. The van der Waals surface area contributed by atoms with E-state index in [1.54, 1.807) is 6.20 Å². The first-order chi connectivity index (χ1) is 24.2. The van der Waals surface area contributed by atoms with Crippen molar-refractivity contribution < 1.29 is 0 Å². The molecule has 4 heteroatoms. The molecule has 0 aliphatic heterocycles. The van der Waals surface area contributed by atoms with Crippen molar-refractivity contribution in [3.63, 3.8) is 0 Å². The number of pyridine rings is 2. The number of benzene rings is 5. The first kappa shape index (κ1) is 29.9. The third kappa shape index (κ3) is 6.53. The summed E-state index contributed by atoms with van der Waals surface area (Å²) in [6.45, 7) is 2.02. The van der Waals surface area contributed by atoms with Crippen LogP contribution in [-0.4, -0.2) is 19.9 Å². The van der Waals surface area contributed by atoms with Gasteiger partial charge in [0.1, 0.15) is 0 Å². The second-order valence-electron chi connectivity index (χ2n) is 12.1. The number of hydrogen-bond donors (Lipinski definition) is 0. The second-order valence-corrected chi connectivity index (χ2v) is 12.1. The lowest BCUT2D eigenvalue weighted by Crippen LogP contribution is -1.97. The molecular formula is C45H32N4. The molecule has 0 fully saturated rings. The van der Waals surface area contributed by atoms with E-state index >= 15 is 0 Å². The number of aryl methyl sites for hydroxylation is 1. The highest BCUT2D eigenvalue weighted by molar-refractivity contribution is 5.82. The molecule has 0 bridgehead atoms. The quantitative estimate of drug-likeness (QED) is 0.176. The molecule has 0 amide bonds. The normalized spacial score (nSPS) is 11.0. The van der Waals surface area contributed by atoms with Crippen LogP contribution in [-0.2, 0) is 0 Å². The van der Waals surface area contributed by atoms with Crippen molar-refractivity contribution in [2.75, 3.05) is 0 Å². The van der Waals surface area contributed by atoms with Gasteiger partial charge in [-0.25, -0.2) is 9.97 Å². The van der Waals surface area contributed by atoms with Crippen LogP contribution in [0, 0.1) is 6.92 Å². The Balaban J connectivity index is 1.27. The molecule has 0 unspecified atom stereocenters. The zero-order valence-corrected chi connectivity index (χ0v) is 27.0. The predicted molar refractivity (Wildman–Crippen MR) is 200 cm³/mol. The SMILES string of the molecule is Cc1cccc(-c2ccc(-c3cc(-c4ccc(-c5cccnc5)cc4)cc(-c4nc(-c5ccccc5)cc(-c5ccccc5)n4)c3)cc2)n1. The fourth-order valence-corrected chi connectivity index (χ4v) is 6.11. The van der Waals surface area contributed by atoms with Gasteiger partial charge in [-0.15, -0.1) is 0 Å². The van der Waals surface area contributed by atoms with Crippen LogP contribution in [0.25, 0.3) is 78.5 Å². The summed E-state index contributed by atoms with van der Waals surface area (Å²) < 4.78 is 0. The van der Waals surface area contributed by atoms with Crippen molar-refractivity contribution in [1.82, 2.24) is 19.9 Å². The average Bonchev–Trinajstić information content (AvgIpc) is 3.19. The van der Waals surface area contributed by atoms with Crippen molar-refractivity contribution in [3.05, 3.63) is 182 Å². The monoisotopic (exact) mass is 628 g/mol. The Morgan fingerprint density at radius 1 is 0.327 bits per heavy atom. The van der Waals surface area contributed by atoms with Crippen LogP contribution in [0.4, 0.5) is 0 Å². The average molecular weight is 629 g/mol. The Bertz CT molecular complexity index is 2290. The Morgan fingerprint density at radius 2 is 0.816 bits per heavy atom. The van der Waals surface area contributed by atoms with E-state index in [0.29, 0.717) is 5.82 Å². The lowest BCUT2D eigenvalue weighted by atomic mass is 9.94. The number of nitrogens with zero attached hydrogens (tertiary/aromatic N) is 4. The molecule has 0 radical (unpaired) electrons. The summed E-state index contributed by atoms with van der Waals surface area (Å²) >= 11 is 0. The number of hydrogen-bond acceptors (Lipinski definition) is 4. The Morgan fingerprint density at radius 3 is 1.35 bits per heavy atom. The zero-order chi connectivity index (χ0) is 33.0. The lowest BCUT2D eigenvalue weighted by molar-refractivity contribution is 1.18. The molecule has 49 heavy (non-hydrogen) atoms. The molecule has 232 valence electrons. The minimum Gasteiger partial charge on any atom is -0.264 e. The summed E-state index contributed by atoms with van der Waals surface area (Å²) in [5.74, 6) is 0.677. The minimum atomic E-state index is 0.677. The first-order valence-corrected chi connectivity index (χ1v) is 16.4. The van der Waals surface area contributed by atoms with Gasteiger partial charge in [0.05, 0.1) is 17.1 Å². The van der Waals surface area contributed by atoms with E-state index in [4.69, 9.17) is 15.0 Å². The summed E-state index contributed by atoms with van der Waals surface area (Å²) in [4.78, 5) is 19.3. The fraction of sp³-hybridized carbons (Fsp3) is 0.0222. The molecule has 0 saturated heterocycles.